The van der Waals surface area contributed by atoms with Crippen LogP contribution in [0.3, 0.4) is 0 Å². The maximum Gasteiger partial charge on any atom is 0.261 e. The van der Waals surface area contributed by atoms with Crippen molar-refractivity contribution in [1.82, 2.24) is 15.3 Å². The van der Waals surface area contributed by atoms with E-state index in [0.717, 1.165) is 10.4 Å². The number of benzene rings is 1. The molecule has 6 N–H and O–H groups in total. The summed E-state index contributed by atoms with van der Waals surface area (Å²) in [5.74, 6) is 0.146. The van der Waals surface area contributed by atoms with Crippen molar-refractivity contribution in [2.75, 3.05) is 12.3 Å². The molecule has 1 aromatic carbocycles. The number of nitrogens with one attached hydrogen (secondary N) is 2. The SMILES string of the molecule is NC[C@H](Cc1ccc(Cl)cc1Cl)NC(=O)c1ccc(-c2c[nH]c(N)n2)s1. The number of anilines is 1. The van der Waals surface area contributed by atoms with E-state index in [4.69, 9.17) is 34.7 Å². The van der Waals surface area contributed by atoms with Gasteiger partial charge < -0.3 is 21.8 Å². The Bertz CT molecular complexity index is 924. The van der Waals surface area contributed by atoms with Crippen LogP contribution in [-0.2, 0) is 6.42 Å². The molecular formula is C17H17Cl2N5OS. The fraction of sp³-hybridized carbons (Fsp3) is 0.176. The van der Waals surface area contributed by atoms with Gasteiger partial charge in [-0.1, -0.05) is 29.3 Å². The molecule has 0 unspecified atom stereocenters. The molecule has 0 spiro atoms. The topological polar surface area (TPSA) is 110 Å². The van der Waals surface area contributed by atoms with Crippen LogP contribution in [0.4, 0.5) is 5.95 Å². The molecule has 6 nitrogen and oxygen atoms in total. The Morgan fingerprint density at radius 2 is 2.12 bits per heavy atom. The van der Waals surface area contributed by atoms with Crippen molar-refractivity contribution in [3.63, 3.8) is 0 Å². The predicted octanol–water partition coefficient (Wildman–Crippen LogP) is 3.33. The van der Waals surface area contributed by atoms with Crippen LogP contribution in [-0.4, -0.2) is 28.5 Å². The molecule has 3 rings (SSSR count). The number of H-pyrrole nitrogens is 1. The minimum absolute atomic E-state index is 0.190. The molecule has 0 saturated heterocycles. The standard InChI is InChI=1S/C17H17Cl2N5OS/c18-10-2-1-9(12(19)6-10)5-11(7-20)23-16(25)15-4-3-14(26-15)13-8-22-17(21)24-13/h1-4,6,8,11H,5,7,20H2,(H,23,25)(H3,21,22,24)/t11-/m0/s1. The number of hydrogen-bond donors (Lipinski definition) is 4. The third kappa shape index (κ3) is 4.37. The van der Waals surface area contributed by atoms with Crippen LogP contribution in [0.25, 0.3) is 10.6 Å². The van der Waals surface area contributed by atoms with Crippen LogP contribution in [0, 0.1) is 0 Å². The highest BCUT2D eigenvalue weighted by Crippen LogP contribution is 2.27. The van der Waals surface area contributed by atoms with Crippen LogP contribution in [0.5, 0.6) is 0 Å². The largest absolute Gasteiger partial charge is 0.369 e. The van der Waals surface area contributed by atoms with E-state index in [0.29, 0.717) is 39.5 Å². The first-order valence-electron chi connectivity index (χ1n) is 7.82. The monoisotopic (exact) mass is 409 g/mol. The Balaban J connectivity index is 1.68. The Labute approximate surface area is 164 Å². The first-order valence-corrected chi connectivity index (χ1v) is 9.39. The van der Waals surface area contributed by atoms with Crippen LogP contribution in [0.15, 0.2) is 36.5 Å². The lowest BCUT2D eigenvalue weighted by Crippen LogP contribution is -2.41. The Morgan fingerprint density at radius 3 is 2.77 bits per heavy atom. The molecule has 2 heterocycles. The molecular weight excluding hydrogens is 393 g/mol. The summed E-state index contributed by atoms with van der Waals surface area (Å²) in [6.45, 7) is 0.291. The summed E-state index contributed by atoms with van der Waals surface area (Å²) in [5.41, 5.74) is 13.0. The van der Waals surface area contributed by atoms with E-state index in [1.807, 2.05) is 12.1 Å². The number of rotatable bonds is 6. The van der Waals surface area contributed by atoms with Crippen molar-refractivity contribution >= 4 is 46.4 Å². The van der Waals surface area contributed by atoms with Gasteiger partial charge in [-0.25, -0.2) is 4.98 Å². The van der Waals surface area contributed by atoms with Gasteiger partial charge >= 0.3 is 0 Å². The highest BCUT2D eigenvalue weighted by Gasteiger charge is 2.17. The summed E-state index contributed by atoms with van der Waals surface area (Å²) < 4.78 is 0. The maximum atomic E-state index is 12.5. The van der Waals surface area contributed by atoms with E-state index in [2.05, 4.69) is 15.3 Å². The molecule has 0 aliphatic heterocycles. The van der Waals surface area contributed by atoms with Crippen molar-refractivity contribution in [3.8, 4) is 10.6 Å². The van der Waals surface area contributed by atoms with Gasteiger partial charge in [-0.3, -0.25) is 4.79 Å². The summed E-state index contributed by atoms with van der Waals surface area (Å²) in [6, 6.07) is 8.62. The molecule has 0 bridgehead atoms. The van der Waals surface area contributed by atoms with Gasteiger partial charge in [-0.2, -0.15) is 0 Å². The third-order valence-electron chi connectivity index (χ3n) is 3.78. The third-order valence-corrected chi connectivity index (χ3v) is 5.47. The summed E-state index contributed by atoms with van der Waals surface area (Å²) >= 11 is 13.5. The van der Waals surface area contributed by atoms with E-state index in [-0.39, 0.29) is 11.9 Å². The van der Waals surface area contributed by atoms with Gasteiger partial charge in [-0.15, -0.1) is 11.3 Å². The number of halogens is 2. The minimum atomic E-state index is -0.243. The number of carbonyl (C=O) groups is 1. The number of nitrogen functional groups attached to an aromatic ring is 1. The van der Waals surface area contributed by atoms with Gasteiger partial charge in [0.05, 0.1) is 9.75 Å². The lowest BCUT2D eigenvalue weighted by molar-refractivity contribution is 0.0942. The Kier molecular flexibility index (Phi) is 5.83. The summed E-state index contributed by atoms with van der Waals surface area (Å²) in [5, 5.41) is 4.07. The van der Waals surface area contributed by atoms with Gasteiger partial charge in [0.2, 0.25) is 0 Å². The summed E-state index contributed by atoms with van der Waals surface area (Å²) in [7, 11) is 0. The highest BCUT2D eigenvalue weighted by molar-refractivity contribution is 7.17. The Hall–Kier alpha value is -2.06. The second kappa shape index (κ2) is 8.09. The molecule has 0 fully saturated rings. The first kappa shape index (κ1) is 18.7. The van der Waals surface area contributed by atoms with Crippen LogP contribution < -0.4 is 16.8 Å². The minimum Gasteiger partial charge on any atom is -0.369 e. The number of hydrogen-bond acceptors (Lipinski definition) is 5. The average molecular weight is 410 g/mol. The van der Waals surface area contributed by atoms with Crippen LogP contribution in [0.1, 0.15) is 15.2 Å². The van der Waals surface area contributed by atoms with Gasteiger partial charge in [0.25, 0.3) is 5.91 Å². The number of amides is 1. The van der Waals surface area contributed by atoms with Crippen molar-refractivity contribution in [2.24, 2.45) is 5.73 Å². The van der Waals surface area contributed by atoms with Gasteiger partial charge in [0.15, 0.2) is 5.95 Å². The predicted molar refractivity (Wildman–Crippen MR) is 107 cm³/mol. The summed E-state index contributed by atoms with van der Waals surface area (Å²) in [6.07, 6.45) is 2.22. The van der Waals surface area contributed by atoms with Crippen molar-refractivity contribution < 1.29 is 4.79 Å². The van der Waals surface area contributed by atoms with Crippen molar-refractivity contribution in [2.45, 2.75) is 12.5 Å². The second-order valence-electron chi connectivity index (χ2n) is 5.68. The van der Waals surface area contributed by atoms with Crippen molar-refractivity contribution in [3.05, 3.63) is 57.0 Å². The van der Waals surface area contributed by atoms with Gasteiger partial charge in [0.1, 0.15) is 5.69 Å². The summed E-state index contributed by atoms with van der Waals surface area (Å²) in [4.78, 5) is 20.9. The molecule has 1 atom stereocenters. The lowest BCUT2D eigenvalue weighted by atomic mass is 10.1. The molecule has 1 amide bonds. The van der Waals surface area contributed by atoms with E-state index in [9.17, 15) is 4.79 Å². The number of nitrogens with two attached hydrogens (primary N) is 2. The smallest absolute Gasteiger partial charge is 0.261 e. The number of aromatic amines is 1. The van der Waals surface area contributed by atoms with Crippen LogP contribution >= 0.6 is 34.5 Å². The number of thiophene rings is 1. The maximum absolute atomic E-state index is 12.5. The molecule has 0 aliphatic rings. The molecule has 3 aromatic rings. The van der Waals surface area contributed by atoms with E-state index in [1.165, 1.54) is 11.3 Å². The molecule has 136 valence electrons. The number of nitrogens with zero attached hydrogens (tertiary/aromatic N) is 1. The average Bonchev–Trinajstić information content (AvgIpc) is 3.25. The zero-order chi connectivity index (χ0) is 18.7. The van der Waals surface area contributed by atoms with Crippen LogP contribution in [0.2, 0.25) is 10.0 Å². The van der Waals surface area contributed by atoms with E-state index >= 15 is 0 Å². The van der Waals surface area contributed by atoms with Gasteiger partial charge in [0, 0.05) is 28.8 Å². The number of imidazole rings is 1. The molecule has 9 heteroatoms. The molecule has 0 saturated carbocycles. The van der Waals surface area contributed by atoms with E-state index in [1.54, 1.807) is 24.4 Å². The highest BCUT2D eigenvalue weighted by atomic mass is 35.5. The number of aromatic nitrogens is 2. The fourth-order valence-corrected chi connectivity index (χ4v) is 3.82. The zero-order valence-electron chi connectivity index (χ0n) is 13.6. The number of carbonyl (C=O) groups excluding carboxylic acids is 1. The quantitative estimate of drug-likeness (QED) is 0.500. The normalized spacial score (nSPS) is 12.1. The van der Waals surface area contributed by atoms with Gasteiger partial charge in [-0.05, 0) is 36.2 Å². The molecule has 0 aliphatic carbocycles. The van der Waals surface area contributed by atoms with Crippen molar-refractivity contribution in [1.29, 1.82) is 0 Å². The zero-order valence-corrected chi connectivity index (χ0v) is 16.0. The Morgan fingerprint density at radius 1 is 1.31 bits per heavy atom. The molecule has 0 radical (unpaired) electrons. The molecule has 26 heavy (non-hydrogen) atoms. The van der Waals surface area contributed by atoms with E-state index < -0.39 is 0 Å². The molecule has 2 aromatic heterocycles. The fourth-order valence-electron chi connectivity index (χ4n) is 2.46. The lowest BCUT2D eigenvalue weighted by Gasteiger charge is -2.17. The first-order chi connectivity index (χ1) is 12.5. The second-order valence-corrected chi connectivity index (χ2v) is 7.61.